The zero-order chi connectivity index (χ0) is 15.0. The lowest BCUT2D eigenvalue weighted by Crippen LogP contribution is -2.45. The Morgan fingerprint density at radius 3 is 2.76 bits per heavy atom. The molecule has 0 amide bonds. The van der Waals surface area contributed by atoms with Crippen LogP contribution in [0, 0.1) is 10.8 Å². The first kappa shape index (κ1) is 14.3. The van der Waals surface area contributed by atoms with E-state index in [0.717, 1.165) is 47.1 Å². The van der Waals surface area contributed by atoms with Gasteiger partial charge in [0.25, 0.3) is 0 Å². The summed E-state index contributed by atoms with van der Waals surface area (Å²) in [5.74, 6) is 0.295. The topological polar surface area (TPSA) is 78.9 Å². The summed E-state index contributed by atoms with van der Waals surface area (Å²) < 4.78 is 0.933. The van der Waals surface area contributed by atoms with Gasteiger partial charge >= 0.3 is 0 Å². The van der Waals surface area contributed by atoms with Crippen molar-refractivity contribution < 1.29 is 0 Å². The van der Waals surface area contributed by atoms with Crippen LogP contribution in [0.3, 0.4) is 0 Å². The van der Waals surface area contributed by atoms with E-state index in [1.165, 1.54) is 0 Å². The molecule has 2 aromatic heterocycles. The van der Waals surface area contributed by atoms with Crippen molar-refractivity contribution in [3.8, 4) is 0 Å². The molecule has 0 spiro atoms. The molecule has 0 aromatic carbocycles. The van der Waals surface area contributed by atoms with E-state index < -0.39 is 0 Å². The van der Waals surface area contributed by atoms with Crippen LogP contribution < -0.4 is 10.6 Å². The van der Waals surface area contributed by atoms with E-state index in [9.17, 15) is 0 Å². The molecule has 0 atom stereocenters. The second-order valence-electron chi connectivity index (χ2n) is 5.81. The zero-order valence-corrected chi connectivity index (χ0v) is 13.5. The Kier molecular flexibility index (Phi) is 3.57. The number of piperidine rings is 1. The number of anilines is 1. The van der Waals surface area contributed by atoms with Gasteiger partial charge in [-0.15, -0.1) is 0 Å². The standard InChI is InChI=1S/C15H18BrN5/c1-15(14(17)18)3-6-21(7-4-15)12-2-5-19-11-8-10(16)9-20-13(11)12/h2,5,8-9H,3-4,6-7H2,1H3,(H3,17,18). The Morgan fingerprint density at radius 1 is 1.38 bits per heavy atom. The van der Waals surface area contributed by atoms with Crippen LogP contribution >= 0.6 is 15.9 Å². The third-order valence-electron chi connectivity index (χ3n) is 4.38. The number of fused-ring (bicyclic) bond motifs is 1. The number of rotatable bonds is 2. The molecule has 6 heteroatoms. The number of amidine groups is 1. The van der Waals surface area contributed by atoms with Crippen LogP contribution in [-0.4, -0.2) is 28.9 Å². The Morgan fingerprint density at radius 2 is 2.10 bits per heavy atom. The van der Waals surface area contributed by atoms with Crippen molar-refractivity contribution in [2.45, 2.75) is 19.8 Å². The Balaban J connectivity index is 1.91. The number of nitrogens with two attached hydrogens (primary N) is 1. The normalized spacial score (nSPS) is 17.9. The summed E-state index contributed by atoms with van der Waals surface area (Å²) in [7, 11) is 0. The van der Waals surface area contributed by atoms with Gasteiger partial charge in [-0.2, -0.15) is 0 Å². The van der Waals surface area contributed by atoms with Crippen LogP contribution in [0.2, 0.25) is 0 Å². The predicted molar refractivity (Wildman–Crippen MR) is 88.7 cm³/mol. The highest BCUT2D eigenvalue weighted by molar-refractivity contribution is 9.10. The Bertz CT molecular complexity index is 692. The summed E-state index contributed by atoms with van der Waals surface area (Å²) in [4.78, 5) is 11.2. The molecule has 2 aromatic rings. The van der Waals surface area contributed by atoms with Crippen LogP contribution in [0.15, 0.2) is 29.0 Å². The second-order valence-corrected chi connectivity index (χ2v) is 6.73. The predicted octanol–water partition coefficient (Wildman–Crippen LogP) is 2.93. The van der Waals surface area contributed by atoms with Crippen LogP contribution in [0.4, 0.5) is 5.69 Å². The quantitative estimate of drug-likeness (QED) is 0.646. The first-order chi connectivity index (χ1) is 9.99. The molecule has 3 heterocycles. The van der Waals surface area contributed by atoms with Crippen molar-refractivity contribution in [2.24, 2.45) is 11.1 Å². The maximum atomic E-state index is 7.74. The van der Waals surface area contributed by atoms with Crippen LogP contribution in [-0.2, 0) is 0 Å². The molecule has 3 rings (SSSR count). The minimum absolute atomic E-state index is 0.171. The molecule has 21 heavy (non-hydrogen) atoms. The van der Waals surface area contributed by atoms with Crippen LogP contribution in [0.5, 0.6) is 0 Å². The van der Waals surface area contributed by atoms with Crippen LogP contribution in [0.25, 0.3) is 11.0 Å². The highest BCUT2D eigenvalue weighted by Gasteiger charge is 2.33. The molecule has 1 aliphatic rings. The molecule has 1 fully saturated rings. The van der Waals surface area contributed by atoms with E-state index in [2.05, 4.69) is 37.7 Å². The van der Waals surface area contributed by atoms with Gasteiger partial charge < -0.3 is 10.6 Å². The molecule has 0 radical (unpaired) electrons. The van der Waals surface area contributed by atoms with Crippen molar-refractivity contribution in [2.75, 3.05) is 18.0 Å². The smallest absolute Gasteiger partial charge is 0.112 e. The number of nitrogens with zero attached hydrogens (tertiary/aromatic N) is 3. The summed E-state index contributed by atoms with van der Waals surface area (Å²) in [6.07, 6.45) is 5.41. The fourth-order valence-corrected chi connectivity index (χ4v) is 3.08. The van der Waals surface area contributed by atoms with E-state index in [1.807, 2.05) is 18.3 Å². The van der Waals surface area contributed by atoms with Crippen molar-refractivity contribution in [3.05, 3.63) is 29.0 Å². The van der Waals surface area contributed by atoms with Gasteiger partial charge in [0, 0.05) is 35.4 Å². The first-order valence-electron chi connectivity index (χ1n) is 6.99. The van der Waals surface area contributed by atoms with Gasteiger partial charge in [0.15, 0.2) is 0 Å². The molecule has 3 N–H and O–H groups in total. The highest BCUT2D eigenvalue weighted by Crippen LogP contribution is 2.34. The number of hydrogen-bond donors (Lipinski definition) is 2. The zero-order valence-electron chi connectivity index (χ0n) is 11.9. The highest BCUT2D eigenvalue weighted by atomic mass is 79.9. The lowest BCUT2D eigenvalue weighted by molar-refractivity contribution is 0.351. The van der Waals surface area contributed by atoms with E-state index in [-0.39, 0.29) is 5.41 Å². The first-order valence-corrected chi connectivity index (χ1v) is 7.79. The van der Waals surface area contributed by atoms with Gasteiger partial charge in [0.05, 0.1) is 17.0 Å². The number of aromatic nitrogens is 2. The molecule has 5 nitrogen and oxygen atoms in total. The van der Waals surface area contributed by atoms with Gasteiger partial charge in [-0.25, -0.2) is 0 Å². The van der Waals surface area contributed by atoms with E-state index in [0.29, 0.717) is 5.84 Å². The summed E-state index contributed by atoms with van der Waals surface area (Å²) in [5.41, 5.74) is 8.48. The molecule has 0 aliphatic carbocycles. The van der Waals surface area contributed by atoms with Crippen molar-refractivity contribution in [1.82, 2.24) is 9.97 Å². The molecule has 1 aliphatic heterocycles. The van der Waals surface area contributed by atoms with Gasteiger partial charge in [0.1, 0.15) is 5.52 Å². The van der Waals surface area contributed by atoms with Gasteiger partial charge in [0.2, 0.25) is 0 Å². The molecule has 0 unspecified atom stereocenters. The maximum absolute atomic E-state index is 7.74. The molecule has 110 valence electrons. The van der Waals surface area contributed by atoms with Crippen molar-refractivity contribution in [1.29, 1.82) is 5.41 Å². The third-order valence-corrected chi connectivity index (χ3v) is 4.81. The third kappa shape index (κ3) is 2.60. The molecule has 0 bridgehead atoms. The number of pyridine rings is 2. The number of hydrogen-bond acceptors (Lipinski definition) is 4. The molecular formula is C15H18BrN5. The summed E-state index contributed by atoms with van der Waals surface area (Å²) in [6, 6.07) is 4.00. The van der Waals surface area contributed by atoms with Gasteiger partial charge in [-0.3, -0.25) is 15.4 Å². The molecule has 0 saturated carbocycles. The fourth-order valence-electron chi connectivity index (χ4n) is 2.76. The summed E-state index contributed by atoms with van der Waals surface area (Å²) in [6.45, 7) is 3.84. The van der Waals surface area contributed by atoms with Crippen LogP contribution in [0.1, 0.15) is 19.8 Å². The largest absolute Gasteiger partial charge is 0.387 e. The Hall–Kier alpha value is -1.69. The lowest BCUT2D eigenvalue weighted by atomic mass is 9.79. The maximum Gasteiger partial charge on any atom is 0.112 e. The summed E-state index contributed by atoms with van der Waals surface area (Å²) in [5, 5.41) is 7.74. The SMILES string of the molecule is CC1(C(=N)N)CCN(c2ccnc3cc(Br)cnc23)CC1. The average Bonchev–Trinajstić information content (AvgIpc) is 2.47. The van der Waals surface area contributed by atoms with E-state index >= 15 is 0 Å². The van der Waals surface area contributed by atoms with Crippen molar-refractivity contribution >= 4 is 38.5 Å². The number of nitrogens with one attached hydrogen (secondary N) is 1. The van der Waals surface area contributed by atoms with Gasteiger partial charge in [-0.05, 0) is 40.9 Å². The fraction of sp³-hybridized carbons (Fsp3) is 0.400. The monoisotopic (exact) mass is 347 g/mol. The minimum atomic E-state index is -0.171. The summed E-state index contributed by atoms with van der Waals surface area (Å²) >= 11 is 3.43. The average molecular weight is 348 g/mol. The minimum Gasteiger partial charge on any atom is -0.387 e. The molecule has 1 saturated heterocycles. The lowest BCUT2D eigenvalue weighted by Gasteiger charge is -2.39. The van der Waals surface area contributed by atoms with Crippen molar-refractivity contribution in [3.63, 3.8) is 0 Å². The van der Waals surface area contributed by atoms with E-state index in [4.69, 9.17) is 11.1 Å². The number of halogens is 1. The Labute approximate surface area is 132 Å². The molecular weight excluding hydrogens is 330 g/mol. The van der Waals surface area contributed by atoms with E-state index in [1.54, 1.807) is 6.20 Å². The van der Waals surface area contributed by atoms with Gasteiger partial charge in [-0.1, -0.05) is 6.92 Å². The second kappa shape index (κ2) is 5.26.